The van der Waals surface area contributed by atoms with E-state index in [1.165, 1.54) is 11.3 Å². The largest absolute Gasteiger partial charge is 1.00 e. The zero-order valence-corrected chi connectivity index (χ0v) is 6.31. The molecule has 0 spiro atoms. The fourth-order valence-corrected chi connectivity index (χ4v) is 1.12. The van der Waals surface area contributed by atoms with Crippen LogP contribution in [-0.4, -0.2) is 4.98 Å². The van der Waals surface area contributed by atoms with Gasteiger partial charge in [-0.2, -0.15) is 11.6 Å². The van der Waals surface area contributed by atoms with Gasteiger partial charge >= 0.3 is 18.9 Å². The van der Waals surface area contributed by atoms with Crippen molar-refractivity contribution in [1.82, 2.24) is 4.98 Å². The Morgan fingerprint density at radius 1 is 1.75 bits per heavy atom. The summed E-state index contributed by atoms with van der Waals surface area (Å²) < 4.78 is 0.567. The van der Waals surface area contributed by atoms with Crippen LogP contribution in [0.1, 0.15) is 4.88 Å². The Labute approximate surface area is 69.3 Å². The summed E-state index contributed by atoms with van der Waals surface area (Å²) >= 11 is 6.88. The van der Waals surface area contributed by atoms with Crippen LogP contribution in [0.3, 0.4) is 0 Å². The number of halogens is 1. The second-order valence-electron chi connectivity index (χ2n) is 1.13. The van der Waals surface area contributed by atoms with E-state index in [1.807, 2.05) is 6.92 Å². The minimum Gasteiger partial charge on any atom is -0.432 e. The zero-order chi connectivity index (χ0) is 5.28. The molecule has 0 amide bonds. The van der Waals surface area contributed by atoms with E-state index in [4.69, 9.17) is 11.6 Å². The van der Waals surface area contributed by atoms with Crippen LogP contribution in [0.5, 0.6) is 0 Å². The number of hydrogen-bond donors (Lipinski definition) is 0. The van der Waals surface area contributed by atoms with E-state index < -0.39 is 0 Å². The second kappa shape index (κ2) is 3.53. The van der Waals surface area contributed by atoms with Crippen molar-refractivity contribution in [3.05, 3.63) is 15.5 Å². The van der Waals surface area contributed by atoms with Gasteiger partial charge in [-0.25, -0.2) is 11.3 Å². The van der Waals surface area contributed by atoms with Gasteiger partial charge < -0.3 is 4.98 Å². The molecule has 0 saturated heterocycles. The Kier molecular flexibility index (Phi) is 3.75. The molecule has 0 fully saturated rings. The number of thiazole rings is 1. The molecule has 0 bridgehead atoms. The number of aryl methyl sites for hydroxylation is 1. The number of aromatic nitrogens is 1. The van der Waals surface area contributed by atoms with Crippen molar-refractivity contribution < 1.29 is 18.9 Å². The predicted molar refractivity (Wildman–Crippen MR) is 30.7 cm³/mol. The van der Waals surface area contributed by atoms with Crippen molar-refractivity contribution >= 4 is 22.9 Å². The minimum absolute atomic E-state index is 0. The molecule has 0 saturated carbocycles. The molecule has 0 aliphatic heterocycles. The molecule has 0 aromatic carbocycles. The molecule has 1 aromatic rings. The molecule has 0 unspecified atom stereocenters. The number of nitrogens with zero attached hydrogens (tertiary/aromatic N) is 1. The third-order valence-electron chi connectivity index (χ3n) is 0.539. The summed E-state index contributed by atoms with van der Waals surface area (Å²) in [6.45, 7) is 1.92. The molecule has 0 atom stereocenters. The maximum absolute atomic E-state index is 5.44. The van der Waals surface area contributed by atoms with Crippen LogP contribution in [0.2, 0.25) is 4.47 Å². The average Bonchev–Trinajstić information content (AvgIpc) is 1.87. The van der Waals surface area contributed by atoms with Crippen LogP contribution < -0.4 is 18.9 Å². The van der Waals surface area contributed by atoms with Gasteiger partial charge in [-0.3, -0.25) is 0 Å². The van der Waals surface area contributed by atoms with Crippen LogP contribution >= 0.6 is 22.9 Å². The predicted octanol–water partition coefficient (Wildman–Crippen LogP) is -1.09. The Morgan fingerprint density at radius 3 is 2.50 bits per heavy atom. The van der Waals surface area contributed by atoms with Crippen LogP contribution in [0.4, 0.5) is 0 Å². The topological polar surface area (TPSA) is 12.9 Å². The summed E-state index contributed by atoms with van der Waals surface area (Å²) in [4.78, 5) is 4.71. The number of rotatable bonds is 0. The third-order valence-corrected chi connectivity index (χ3v) is 1.51. The average molecular weight is 140 g/mol. The molecule has 0 aliphatic rings. The first-order valence-electron chi connectivity index (χ1n) is 1.79. The summed E-state index contributed by atoms with van der Waals surface area (Å²) in [5, 5.41) is 0. The van der Waals surface area contributed by atoms with Crippen LogP contribution in [0.15, 0.2) is 0 Å². The van der Waals surface area contributed by atoms with E-state index in [2.05, 4.69) is 11.2 Å². The smallest absolute Gasteiger partial charge is 0.432 e. The first-order valence-corrected chi connectivity index (χ1v) is 2.99. The molecule has 1 heterocycles. The maximum atomic E-state index is 5.44. The second-order valence-corrected chi connectivity index (χ2v) is 2.92. The maximum Gasteiger partial charge on any atom is 1.00 e. The van der Waals surface area contributed by atoms with Crippen molar-refractivity contribution in [2.45, 2.75) is 6.92 Å². The Bertz CT molecular complexity index is 148. The first-order chi connectivity index (χ1) is 3.29. The number of hydrogen-bond acceptors (Lipinski definition) is 2. The van der Waals surface area contributed by atoms with Crippen molar-refractivity contribution in [3.63, 3.8) is 0 Å². The molecule has 0 radical (unpaired) electrons. The minimum atomic E-state index is 0. The Hall–Kier alpha value is 0.517. The standard InChI is InChI=1S/C4H3ClNS.Li/c1-3-2-6-4(5)7-3;/h1H3;/q-1;+1. The Morgan fingerprint density at radius 2 is 2.38 bits per heavy atom. The van der Waals surface area contributed by atoms with Gasteiger partial charge in [0.1, 0.15) is 0 Å². The molecule has 0 aliphatic carbocycles. The zero-order valence-electron chi connectivity index (χ0n) is 4.73. The monoisotopic (exact) mass is 139 g/mol. The Balaban J connectivity index is 0.000000490. The van der Waals surface area contributed by atoms with Gasteiger partial charge in [0.2, 0.25) is 0 Å². The SMILES string of the molecule is Cc1[c-]nc(Cl)s1.[Li+]. The van der Waals surface area contributed by atoms with Gasteiger partial charge in [-0.15, -0.1) is 6.20 Å². The van der Waals surface area contributed by atoms with E-state index in [0.29, 0.717) is 4.47 Å². The molecular weight excluding hydrogens is 137 g/mol. The summed E-state index contributed by atoms with van der Waals surface area (Å²) in [7, 11) is 0. The van der Waals surface area contributed by atoms with Gasteiger partial charge in [0.25, 0.3) is 0 Å². The van der Waals surface area contributed by atoms with E-state index in [-0.39, 0.29) is 18.9 Å². The summed E-state index contributed by atoms with van der Waals surface area (Å²) in [5.41, 5.74) is 0. The quantitative estimate of drug-likeness (QED) is 0.329. The van der Waals surface area contributed by atoms with Crippen LogP contribution in [0.25, 0.3) is 0 Å². The van der Waals surface area contributed by atoms with Crippen LogP contribution in [0, 0.1) is 13.1 Å². The van der Waals surface area contributed by atoms with Crippen LogP contribution in [-0.2, 0) is 0 Å². The molecule has 0 N–H and O–H groups in total. The van der Waals surface area contributed by atoms with Gasteiger partial charge in [0.15, 0.2) is 0 Å². The van der Waals surface area contributed by atoms with E-state index in [9.17, 15) is 0 Å². The van der Waals surface area contributed by atoms with Crippen molar-refractivity contribution in [2.24, 2.45) is 0 Å². The van der Waals surface area contributed by atoms with Crippen molar-refractivity contribution in [1.29, 1.82) is 0 Å². The molecule has 1 nitrogen and oxygen atoms in total. The van der Waals surface area contributed by atoms with E-state index >= 15 is 0 Å². The molecule has 1 rings (SSSR count). The summed E-state index contributed by atoms with van der Waals surface area (Å²) in [5.74, 6) is 0. The summed E-state index contributed by atoms with van der Waals surface area (Å²) in [6, 6.07) is 0. The molecule has 38 valence electrons. The summed E-state index contributed by atoms with van der Waals surface area (Å²) in [6.07, 6.45) is 2.70. The van der Waals surface area contributed by atoms with Crippen molar-refractivity contribution in [3.8, 4) is 0 Å². The first kappa shape index (κ1) is 8.52. The van der Waals surface area contributed by atoms with Gasteiger partial charge in [0.05, 0.1) is 0 Å². The normalized spacial score (nSPS) is 8.25. The molecule has 1 aromatic heterocycles. The van der Waals surface area contributed by atoms with Crippen molar-refractivity contribution in [2.75, 3.05) is 0 Å². The molecule has 4 heteroatoms. The van der Waals surface area contributed by atoms with Gasteiger partial charge in [0, 0.05) is 4.47 Å². The van der Waals surface area contributed by atoms with Gasteiger partial charge in [-0.05, 0) is 6.92 Å². The third kappa shape index (κ3) is 2.19. The van der Waals surface area contributed by atoms with E-state index in [1.54, 1.807) is 0 Å². The fourth-order valence-electron chi connectivity index (χ4n) is 0.295. The van der Waals surface area contributed by atoms with Gasteiger partial charge in [-0.1, -0.05) is 4.88 Å². The molecule has 8 heavy (non-hydrogen) atoms. The van der Waals surface area contributed by atoms with E-state index in [0.717, 1.165) is 4.88 Å². The molecular formula is C4H3ClLiNS. The fraction of sp³-hybridized carbons (Fsp3) is 0.250.